The molecule has 4 nitrogen and oxygen atoms in total. The van der Waals surface area contributed by atoms with E-state index in [0.717, 1.165) is 21.9 Å². The molecule has 0 saturated heterocycles. The molecule has 0 radical (unpaired) electrons. The highest BCUT2D eigenvalue weighted by molar-refractivity contribution is 8.00. The minimum atomic E-state index is -0.221. The van der Waals surface area contributed by atoms with Crippen molar-refractivity contribution in [3.05, 3.63) is 53.1 Å². The summed E-state index contributed by atoms with van der Waals surface area (Å²) in [6.07, 6.45) is 0. The number of carbonyl (C=O) groups excluding carboxylic acids is 1. The zero-order chi connectivity index (χ0) is 17.3. The van der Waals surface area contributed by atoms with Gasteiger partial charge in [0.05, 0.1) is 23.4 Å². The molecule has 0 saturated carbocycles. The van der Waals surface area contributed by atoms with Crippen molar-refractivity contribution in [1.82, 2.24) is 9.97 Å². The Bertz CT molecular complexity index is 845. The van der Waals surface area contributed by atoms with Gasteiger partial charge >= 0.3 is 0 Å². The van der Waals surface area contributed by atoms with Crippen LogP contribution in [0.25, 0.3) is 11.0 Å². The second-order valence-corrected chi connectivity index (χ2v) is 7.18. The maximum absolute atomic E-state index is 12.6. The fraction of sp³-hybridized carbons (Fsp3) is 0.263. The van der Waals surface area contributed by atoms with E-state index in [2.05, 4.69) is 35.9 Å². The van der Waals surface area contributed by atoms with Gasteiger partial charge in [-0.2, -0.15) is 0 Å². The summed E-state index contributed by atoms with van der Waals surface area (Å²) in [5.74, 6) is 0.824. The number of ether oxygens (including phenoxy) is 1. The molecule has 0 fully saturated rings. The first-order valence-corrected chi connectivity index (χ1v) is 8.68. The SMILES string of the molecule is COc1ccc(C(=O)[C@@H](C)Sc2nc3cc(C)c(C)cc3[nH]2)cc1. The highest BCUT2D eigenvalue weighted by Crippen LogP contribution is 2.27. The van der Waals surface area contributed by atoms with Gasteiger partial charge in [-0.25, -0.2) is 4.98 Å². The number of nitrogens with one attached hydrogen (secondary N) is 1. The van der Waals surface area contributed by atoms with Crippen LogP contribution in [-0.4, -0.2) is 28.1 Å². The summed E-state index contributed by atoms with van der Waals surface area (Å²) < 4.78 is 5.13. The molecule has 3 aromatic rings. The summed E-state index contributed by atoms with van der Waals surface area (Å²) in [5.41, 5.74) is 5.06. The van der Waals surface area contributed by atoms with Crippen LogP contribution in [0.3, 0.4) is 0 Å². The Labute approximate surface area is 145 Å². The van der Waals surface area contributed by atoms with Crippen LogP contribution in [-0.2, 0) is 0 Å². The molecule has 24 heavy (non-hydrogen) atoms. The zero-order valence-electron chi connectivity index (χ0n) is 14.2. The third kappa shape index (κ3) is 3.31. The highest BCUT2D eigenvalue weighted by atomic mass is 32.2. The molecular formula is C19H20N2O2S. The molecule has 5 heteroatoms. The summed E-state index contributed by atoms with van der Waals surface area (Å²) in [5, 5.41) is 0.547. The van der Waals surface area contributed by atoms with Crippen LogP contribution in [0.15, 0.2) is 41.6 Å². The number of aryl methyl sites for hydroxylation is 2. The number of carbonyl (C=O) groups is 1. The molecule has 0 aliphatic heterocycles. The molecule has 0 amide bonds. The monoisotopic (exact) mass is 340 g/mol. The number of aromatic amines is 1. The van der Waals surface area contributed by atoms with Crippen LogP contribution < -0.4 is 4.74 Å². The van der Waals surface area contributed by atoms with E-state index in [1.54, 1.807) is 31.4 Å². The lowest BCUT2D eigenvalue weighted by molar-refractivity contribution is 0.0994. The molecule has 124 valence electrons. The lowest BCUT2D eigenvalue weighted by Crippen LogP contribution is -2.13. The normalized spacial score (nSPS) is 12.3. The van der Waals surface area contributed by atoms with Crippen LogP contribution in [0.4, 0.5) is 0 Å². The topological polar surface area (TPSA) is 55.0 Å². The Morgan fingerprint density at radius 1 is 1.17 bits per heavy atom. The highest BCUT2D eigenvalue weighted by Gasteiger charge is 2.18. The lowest BCUT2D eigenvalue weighted by atomic mass is 10.1. The van der Waals surface area contributed by atoms with Crippen molar-refractivity contribution in [2.75, 3.05) is 7.11 Å². The predicted molar refractivity (Wildman–Crippen MR) is 98.2 cm³/mol. The largest absolute Gasteiger partial charge is 0.497 e. The standard InChI is InChI=1S/C19H20N2O2S/c1-11-9-16-17(10-12(11)2)21-19(20-16)24-13(3)18(22)14-5-7-15(23-4)8-6-14/h5-10,13H,1-4H3,(H,20,21)/t13-/m1/s1. The van der Waals surface area contributed by atoms with Crippen molar-refractivity contribution < 1.29 is 9.53 Å². The van der Waals surface area contributed by atoms with Gasteiger partial charge in [0.15, 0.2) is 10.9 Å². The van der Waals surface area contributed by atoms with E-state index in [1.807, 2.05) is 6.92 Å². The number of hydrogen-bond acceptors (Lipinski definition) is 4. The number of nitrogens with zero attached hydrogens (tertiary/aromatic N) is 1. The first-order chi connectivity index (χ1) is 11.5. The molecule has 0 aliphatic rings. The summed E-state index contributed by atoms with van der Waals surface area (Å²) in [6.45, 7) is 6.06. The second-order valence-electron chi connectivity index (χ2n) is 5.85. The van der Waals surface area contributed by atoms with Gasteiger partial charge in [-0.3, -0.25) is 4.79 Å². The quantitative estimate of drug-likeness (QED) is 0.547. The van der Waals surface area contributed by atoms with E-state index < -0.39 is 0 Å². The zero-order valence-corrected chi connectivity index (χ0v) is 15.0. The number of Topliss-reactive ketones (excluding diaryl/α,β-unsaturated/α-hetero) is 1. The van der Waals surface area contributed by atoms with E-state index in [4.69, 9.17) is 4.74 Å². The number of methoxy groups -OCH3 is 1. The minimum Gasteiger partial charge on any atom is -0.497 e. The Hall–Kier alpha value is -2.27. The Kier molecular flexibility index (Phi) is 4.62. The van der Waals surface area contributed by atoms with Crippen LogP contribution >= 0.6 is 11.8 Å². The Morgan fingerprint density at radius 2 is 1.83 bits per heavy atom. The molecule has 3 rings (SSSR count). The molecule has 2 aromatic carbocycles. The van der Waals surface area contributed by atoms with Crippen LogP contribution in [0.5, 0.6) is 5.75 Å². The molecular weight excluding hydrogens is 320 g/mol. The maximum atomic E-state index is 12.6. The van der Waals surface area contributed by atoms with Crippen molar-refractivity contribution in [3.8, 4) is 5.75 Å². The number of rotatable bonds is 5. The van der Waals surface area contributed by atoms with Crippen molar-refractivity contribution in [3.63, 3.8) is 0 Å². The number of imidazole rings is 1. The van der Waals surface area contributed by atoms with Gasteiger partial charge < -0.3 is 9.72 Å². The number of aromatic nitrogens is 2. The molecule has 1 N–H and O–H groups in total. The van der Waals surface area contributed by atoms with Crippen molar-refractivity contribution in [2.45, 2.75) is 31.2 Å². The number of ketones is 1. The van der Waals surface area contributed by atoms with Crippen LogP contribution in [0, 0.1) is 13.8 Å². The second kappa shape index (κ2) is 6.69. The van der Waals surface area contributed by atoms with Gasteiger partial charge in [-0.1, -0.05) is 11.8 Å². The van der Waals surface area contributed by atoms with Gasteiger partial charge in [0.1, 0.15) is 5.75 Å². The average Bonchev–Trinajstić information content (AvgIpc) is 2.95. The van der Waals surface area contributed by atoms with Crippen LogP contribution in [0.2, 0.25) is 0 Å². The molecule has 0 spiro atoms. The van der Waals surface area contributed by atoms with Crippen molar-refractivity contribution in [2.24, 2.45) is 0 Å². The Morgan fingerprint density at radius 3 is 2.50 bits per heavy atom. The maximum Gasteiger partial charge on any atom is 0.175 e. The fourth-order valence-electron chi connectivity index (χ4n) is 2.51. The van der Waals surface area contributed by atoms with Gasteiger partial charge in [0, 0.05) is 5.56 Å². The molecule has 1 aromatic heterocycles. The number of benzene rings is 2. The molecule has 0 unspecified atom stereocenters. The summed E-state index contributed by atoms with van der Waals surface area (Å²) in [7, 11) is 1.61. The van der Waals surface area contributed by atoms with Crippen molar-refractivity contribution in [1.29, 1.82) is 0 Å². The first kappa shape index (κ1) is 16.6. The van der Waals surface area contributed by atoms with Crippen LogP contribution in [0.1, 0.15) is 28.4 Å². The van der Waals surface area contributed by atoms with Gasteiger partial charge in [-0.05, 0) is 68.3 Å². The third-order valence-corrected chi connectivity index (χ3v) is 5.09. The Balaban J connectivity index is 1.78. The molecule has 1 atom stereocenters. The first-order valence-electron chi connectivity index (χ1n) is 7.80. The lowest BCUT2D eigenvalue weighted by Gasteiger charge is -2.08. The van der Waals surface area contributed by atoms with E-state index >= 15 is 0 Å². The summed E-state index contributed by atoms with van der Waals surface area (Å²) in [4.78, 5) is 20.5. The van der Waals surface area contributed by atoms with E-state index in [-0.39, 0.29) is 11.0 Å². The van der Waals surface area contributed by atoms with Gasteiger partial charge in [0.25, 0.3) is 0 Å². The fourth-order valence-corrected chi connectivity index (χ4v) is 3.41. The number of hydrogen-bond donors (Lipinski definition) is 1. The molecule has 0 aliphatic carbocycles. The number of thioether (sulfide) groups is 1. The molecule has 0 bridgehead atoms. The average molecular weight is 340 g/mol. The smallest absolute Gasteiger partial charge is 0.175 e. The van der Waals surface area contributed by atoms with Crippen molar-refractivity contribution >= 4 is 28.6 Å². The third-order valence-electron chi connectivity index (χ3n) is 4.11. The number of fused-ring (bicyclic) bond motifs is 1. The van der Waals surface area contributed by atoms with E-state index in [1.165, 1.54) is 22.9 Å². The minimum absolute atomic E-state index is 0.0791. The summed E-state index contributed by atoms with van der Waals surface area (Å²) in [6, 6.07) is 11.4. The van der Waals surface area contributed by atoms with Gasteiger partial charge in [0.2, 0.25) is 0 Å². The molecule has 1 heterocycles. The van der Waals surface area contributed by atoms with E-state index in [9.17, 15) is 4.79 Å². The number of H-pyrrole nitrogens is 1. The van der Waals surface area contributed by atoms with E-state index in [0.29, 0.717) is 5.56 Å². The van der Waals surface area contributed by atoms with Gasteiger partial charge in [-0.15, -0.1) is 0 Å². The summed E-state index contributed by atoms with van der Waals surface area (Å²) >= 11 is 1.45. The predicted octanol–water partition coefficient (Wildman–Crippen LogP) is 4.55.